The molecule has 1 nitrogen and oxygen atoms in total. The van der Waals surface area contributed by atoms with Crippen molar-refractivity contribution < 1.29 is 9.50 Å². The Morgan fingerprint density at radius 3 is 2.76 bits per heavy atom. The maximum atomic E-state index is 13.7. The van der Waals surface area contributed by atoms with Crippen molar-refractivity contribution in [1.29, 1.82) is 0 Å². The van der Waals surface area contributed by atoms with Crippen LogP contribution in [-0.2, 0) is 0 Å². The van der Waals surface area contributed by atoms with Gasteiger partial charge in [-0.3, -0.25) is 0 Å². The van der Waals surface area contributed by atoms with Crippen LogP contribution in [0, 0.1) is 23.6 Å². The number of halogens is 2. The van der Waals surface area contributed by atoms with E-state index >= 15 is 0 Å². The molecule has 3 heteroatoms. The molecular formula is C14H16BrFO. The first-order valence-electron chi connectivity index (χ1n) is 6.28. The van der Waals surface area contributed by atoms with E-state index in [1.807, 2.05) is 0 Å². The summed E-state index contributed by atoms with van der Waals surface area (Å²) in [5.74, 6) is 1.35. The van der Waals surface area contributed by atoms with Gasteiger partial charge in [-0.2, -0.15) is 0 Å². The van der Waals surface area contributed by atoms with Gasteiger partial charge in [-0.15, -0.1) is 0 Å². The summed E-state index contributed by atoms with van der Waals surface area (Å²) in [7, 11) is 0. The van der Waals surface area contributed by atoms with Crippen molar-refractivity contribution >= 4 is 15.9 Å². The average molecular weight is 299 g/mol. The predicted molar refractivity (Wildman–Crippen MR) is 68.0 cm³/mol. The molecule has 3 rings (SSSR count). The number of hydrogen-bond acceptors (Lipinski definition) is 1. The third-order valence-electron chi connectivity index (χ3n) is 4.48. The number of benzene rings is 1. The summed E-state index contributed by atoms with van der Waals surface area (Å²) in [5.41, 5.74) is 0.455. The standard InChI is InChI=1S/C14H16BrFO/c15-10-3-4-13(16)12(7-10)14(17)11-6-8-1-2-9(11)5-8/h3-4,7-9,11,14,17H,1-2,5-6H2. The molecule has 17 heavy (non-hydrogen) atoms. The zero-order valence-corrected chi connectivity index (χ0v) is 11.2. The van der Waals surface area contributed by atoms with Crippen LogP contribution < -0.4 is 0 Å². The van der Waals surface area contributed by atoms with Crippen molar-refractivity contribution in [3.8, 4) is 0 Å². The quantitative estimate of drug-likeness (QED) is 0.873. The van der Waals surface area contributed by atoms with Crippen molar-refractivity contribution in [3.05, 3.63) is 34.1 Å². The zero-order valence-electron chi connectivity index (χ0n) is 9.57. The molecule has 0 radical (unpaired) electrons. The topological polar surface area (TPSA) is 20.2 Å². The van der Waals surface area contributed by atoms with Crippen molar-refractivity contribution in [2.45, 2.75) is 31.8 Å². The van der Waals surface area contributed by atoms with Gasteiger partial charge in [0, 0.05) is 10.0 Å². The second kappa shape index (κ2) is 4.36. The van der Waals surface area contributed by atoms with Crippen LogP contribution in [0.2, 0.25) is 0 Å². The van der Waals surface area contributed by atoms with E-state index in [0.29, 0.717) is 11.5 Å². The lowest BCUT2D eigenvalue weighted by Crippen LogP contribution is -2.20. The van der Waals surface area contributed by atoms with E-state index in [4.69, 9.17) is 0 Å². The molecule has 0 amide bonds. The minimum Gasteiger partial charge on any atom is -0.388 e. The minimum atomic E-state index is -0.636. The van der Waals surface area contributed by atoms with Gasteiger partial charge in [0.1, 0.15) is 5.82 Å². The van der Waals surface area contributed by atoms with Crippen LogP contribution in [0.15, 0.2) is 22.7 Å². The molecule has 2 aliphatic carbocycles. The Labute approximate surface area is 109 Å². The smallest absolute Gasteiger partial charge is 0.129 e. The van der Waals surface area contributed by atoms with Gasteiger partial charge < -0.3 is 5.11 Å². The summed E-state index contributed by atoms with van der Waals surface area (Å²) in [6, 6.07) is 4.81. The molecule has 4 unspecified atom stereocenters. The van der Waals surface area contributed by atoms with Crippen molar-refractivity contribution in [3.63, 3.8) is 0 Å². The fraction of sp³-hybridized carbons (Fsp3) is 0.571. The molecule has 1 aromatic rings. The zero-order chi connectivity index (χ0) is 12.0. The fourth-order valence-corrected chi connectivity index (χ4v) is 4.03. The van der Waals surface area contributed by atoms with Gasteiger partial charge in [-0.05, 0) is 55.2 Å². The molecule has 92 valence electrons. The summed E-state index contributed by atoms with van der Waals surface area (Å²) >= 11 is 3.34. The number of fused-ring (bicyclic) bond motifs is 2. The van der Waals surface area contributed by atoms with Crippen molar-refractivity contribution in [1.82, 2.24) is 0 Å². The highest BCUT2D eigenvalue weighted by atomic mass is 79.9. The van der Waals surface area contributed by atoms with Crippen molar-refractivity contribution in [2.75, 3.05) is 0 Å². The second-order valence-corrected chi connectivity index (χ2v) is 6.37. The van der Waals surface area contributed by atoms with Gasteiger partial charge in [0.05, 0.1) is 6.10 Å². The Bertz CT molecular complexity index is 434. The van der Waals surface area contributed by atoms with Crippen LogP contribution in [-0.4, -0.2) is 5.11 Å². The van der Waals surface area contributed by atoms with E-state index in [1.165, 1.54) is 25.3 Å². The highest BCUT2D eigenvalue weighted by Gasteiger charge is 2.43. The van der Waals surface area contributed by atoms with Crippen LogP contribution in [0.3, 0.4) is 0 Å². The predicted octanol–water partition coefficient (Wildman–Crippen LogP) is 4.06. The van der Waals surface area contributed by atoms with Gasteiger partial charge >= 0.3 is 0 Å². The van der Waals surface area contributed by atoms with Crippen LogP contribution in [0.5, 0.6) is 0 Å². The van der Waals surface area contributed by atoms with Crippen LogP contribution in [0.1, 0.15) is 37.4 Å². The first-order valence-corrected chi connectivity index (χ1v) is 7.07. The summed E-state index contributed by atoms with van der Waals surface area (Å²) < 4.78 is 14.6. The van der Waals surface area contributed by atoms with E-state index in [-0.39, 0.29) is 11.7 Å². The largest absolute Gasteiger partial charge is 0.388 e. The second-order valence-electron chi connectivity index (χ2n) is 5.45. The molecule has 2 fully saturated rings. The van der Waals surface area contributed by atoms with Gasteiger partial charge in [-0.1, -0.05) is 22.4 Å². The van der Waals surface area contributed by atoms with Gasteiger partial charge in [-0.25, -0.2) is 4.39 Å². The normalized spacial score (nSPS) is 33.0. The Hall–Kier alpha value is -0.410. The monoisotopic (exact) mass is 298 g/mol. The molecule has 2 saturated carbocycles. The molecule has 0 aliphatic heterocycles. The summed E-state index contributed by atoms with van der Waals surface area (Å²) in [5, 5.41) is 10.4. The lowest BCUT2D eigenvalue weighted by Gasteiger charge is -2.27. The summed E-state index contributed by atoms with van der Waals surface area (Å²) in [6.07, 6.45) is 4.18. The number of aliphatic hydroxyl groups excluding tert-OH is 1. The van der Waals surface area contributed by atoms with Gasteiger partial charge in [0.2, 0.25) is 0 Å². The number of rotatable bonds is 2. The third kappa shape index (κ3) is 2.04. The molecule has 0 heterocycles. The SMILES string of the molecule is OC(c1cc(Br)ccc1F)C1CC2CCC1C2. The molecule has 1 aromatic carbocycles. The molecule has 2 aliphatic rings. The van der Waals surface area contributed by atoms with Gasteiger partial charge in [0.15, 0.2) is 0 Å². The average Bonchev–Trinajstić information content (AvgIpc) is 2.93. The first kappa shape index (κ1) is 11.7. The number of hydrogen-bond donors (Lipinski definition) is 1. The Balaban J connectivity index is 1.86. The lowest BCUT2D eigenvalue weighted by molar-refractivity contribution is 0.0714. The van der Waals surface area contributed by atoms with Crippen molar-refractivity contribution in [2.24, 2.45) is 17.8 Å². The summed E-state index contributed by atoms with van der Waals surface area (Å²) in [4.78, 5) is 0. The first-order chi connectivity index (χ1) is 8.15. The minimum absolute atomic E-state index is 0.262. The molecule has 4 atom stereocenters. The molecule has 0 aromatic heterocycles. The van der Waals surface area contributed by atoms with E-state index in [9.17, 15) is 9.50 Å². The van der Waals surface area contributed by atoms with Gasteiger partial charge in [0.25, 0.3) is 0 Å². The molecule has 0 spiro atoms. The highest BCUT2D eigenvalue weighted by Crippen LogP contribution is 2.52. The molecule has 0 saturated heterocycles. The Morgan fingerprint density at radius 1 is 1.29 bits per heavy atom. The maximum absolute atomic E-state index is 13.7. The lowest BCUT2D eigenvalue weighted by atomic mass is 9.82. The molecule has 2 bridgehead atoms. The van der Waals surface area contributed by atoms with Crippen LogP contribution >= 0.6 is 15.9 Å². The third-order valence-corrected chi connectivity index (χ3v) is 4.97. The molecular weight excluding hydrogens is 283 g/mol. The maximum Gasteiger partial charge on any atom is 0.129 e. The van der Waals surface area contributed by atoms with Crippen LogP contribution in [0.4, 0.5) is 4.39 Å². The molecule has 1 N–H and O–H groups in total. The Morgan fingerprint density at radius 2 is 2.12 bits per heavy atom. The van der Waals surface area contributed by atoms with E-state index in [0.717, 1.165) is 16.8 Å². The Kier molecular flexibility index (Phi) is 2.99. The fourth-order valence-electron chi connectivity index (χ4n) is 3.65. The van der Waals surface area contributed by atoms with E-state index in [1.54, 1.807) is 12.1 Å². The number of aliphatic hydroxyl groups is 1. The van der Waals surface area contributed by atoms with Crippen LogP contribution in [0.25, 0.3) is 0 Å². The van der Waals surface area contributed by atoms with E-state index in [2.05, 4.69) is 15.9 Å². The van der Waals surface area contributed by atoms with E-state index < -0.39 is 6.10 Å². The summed E-state index contributed by atoms with van der Waals surface area (Å²) in [6.45, 7) is 0. The highest BCUT2D eigenvalue weighted by molar-refractivity contribution is 9.10.